The summed E-state index contributed by atoms with van der Waals surface area (Å²) in [4.78, 5) is 54.9. The van der Waals surface area contributed by atoms with Crippen LogP contribution in [0, 0.1) is 11.7 Å². The highest BCUT2D eigenvalue weighted by atomic mass is 32.2. The van der Waals surface area contributed by atoms with E-state index in [0.29, 0.717) is 21.2 Å². The standard InChI is InChI=1S/C30H21F4N3O5S2/c1-42-20-8-3-2-7-19(20)22-23-24(27(40)37(26(23)39)18-11-9-16(31)10-12-18)43-28-25(22)44-29(41)36(28)14-21(38)35-17-6-4-5-15(13-17)30(32,33)34/h2-13,22-24H,14H2,1H3,(H,35,38). The average Bonchev–Trinajstić information content (AvgIpc) is 3.43. The third-order valence-corrected chi connectivity index (χ3v) is 9.99. The molecule has 3 heterocycles. The summed E-state index contributed by atoms with van der Waals surface area (Å²) in [6, 6.07) is 15.9. The van der Waals surface area contributed by atoms with Gasteiger partial charge in [-0.1, -0.05) is 47.4 Å². The van der Waals surface area contributed by atoms with Gasteiger partial charge in [-0.2, -0.15) is 13.2 Å². The van der Waals surface area contributed by atoms with Gasteiger partial charge in [0.05, 0.1) is 29.3 Å². The van der Waals surface area contributed by atoms with Gasteiger partial charge < -0.3 is 10.1 Å². The van der Waals surface area contributed by atoms with Crippen molar-refractivity contribution in [1.29, 1.82) is 0 Å². The largest absolute Gasteiger partial charge is 0.496 e. The Bertz CT molecular complexity index is 1850. The first-order chi connectivity index (χ1) is 21.0. The number of thioether (sulfide) groups is 1. The van der Waals surface area contributed by atoms with Crippen molar-refractivity contribution in [2.75, 3.05) is 17.3 Å². The van der Waals surface area contributed by atoms with Gasteiger partial charge in [-0.05, 0) is 48.5 Å². The molecule has 2 aliphatic heterocycles. The molecule has 0 radical (unpaired) electrons. The van der Waals surface area contributed by atoms with Gasteiger partial charge in [0, 0.05) is 22.0 Å². The smallest absolute Gasteiger partial charge is 0.416 e. The van der Waals surface area contributed by atoms with Gasteiger partial charge in [0.1, 0.15) is 23.4 Å². The Morgan fingerprint density at radius 1 is 0.977 bits per heavy atom. The van der Waals surface area contributed by atoms with Gasteiger partial charge in [0.2, 0.25) is 17.7 Å². The summed E-state index contributed by atoms with van der Waals surface area (Å²) >= 11 is 1.79. The van der Waals surface area contributed by atoms with E-state index in [1.54, 1.807) is 24.3 Å². The Hall–Kier alpha value is -4.43. The predicted molar refractivity (Wildman–Crippen MR) is 156 cm³/mol. The number of thiazole rings is 1. The number of rotatable bonds is 6. The number of imide groups is 1. The number of hydrogen-bond acceptors (Lipinski definition) is 7. The summed E-state index contributed by atoms with van der Waals surface area (Å²) in [6.07, 6.45) is -4.61. The number of aromatic nitrogens is 1. The second-order valence-corrected chi connectivity index (χ2v) is 12.1. The number of hydrogen-bond donors (Lipinski definition) is 1. The van der Waals surface area contributed by atoms with Crippen LogP contribution in [0.4, 0.5) is 28.9 Å². The third-order valence-electron chi connectivity index (χ3n) is 7.38. The summed E-state index contributed by atoms with van der Waals surface area (Å²) in [6.45, 7) is -0.548. The minimum atomic E-state index is -4.61. The summed E-state index contributed by atoms with van der Waals surface area (Å²) in [7, 11) is 1.45. The van der Waals surface area contributed by atoms with Gasteiger partial charge in [-0.15, -0.1) is 0 Å². The van der Waals surface area contributed by atoms with E-state index in [1.165, 1.54) is 25.3 Å². The molecule has 1 fully saturated rings. The predicted octanol–water partition coefficient (Wildman–Crippen LogP) is 5.51. The fourth-order valence-electron chi connectivity index (χ4n) is 5.48. The van der Waals surface area contributed by atoms with Crippen molar-refractivity contribution in [3.63, 3.8) is 0 Å². The number of carbonyl (C=O) groups is 3. The molecule has 8 nitrogen and oxygen atoms in total. The Kier molecular flexibility index (Phi) is 7.58. The summed E-state index contributed by atoms with van der Waals surface area (Å²) < 4.78 is 59.9. The lowest BCUT2D eigenvalue weighted by molar-refractivity contribution is -0.137. The molecule has 3 atom stereocenters. The van der Waals surface area contributed by atoms with Crippen LogP contribution >= 0.6 is 23.1 Å². The number of carbonyl (C=O) groups excluding carboxylic acids is 3. The summed E-state index contributed by atoms with van der Waals surface area (Å²) in [5, 5.41) is 1.69. The highest BCUT2D eigenvalue weighted by molar-refractivity contribution is 8.00. The maximum absolute atomic E-state index is 13.9. The van der Waals surface area contributed by atoms with Crippen molar-refractivity contribution in [3.8, 4) is 5.75 Å². The molecular formula is C30H21F4N3O5S2. The second kappa shape index (κ2) is 11.2. The van der Waals surface area contributed by atoms with Crippen molar-refractivity contribution in [1.82, 2.24) is 4.57 Å². The van der Waals surface area contributed by atoms with Gasteiger partial charge in [-0.3, -0.25) is 23.7 Å². The Balaban J connectivity index is 1.40. The normalized spacial score (nSPS) is 19.5. The van der Waals surface area contributed by atoms with Gasteiger partial charge in [0.25, 0.3) is 0 Å². The average molecular weight is 644 g/mol. The van der Waals surface area contributed by atoms with E-state index in [2.05, 4.69) is 5.32 Å². The van der Waals surface area contributed by atoms with Gasteiger partial charge >= 0.3 is 11.0 Å². The van der Waals surface area contributed by atoms with E-state index < -0.39 is 63.8 Å². The molecule has 4 aromatic rings. The van der Waals surface area contributed by atoms with E-state index in [4.69, 9.17) is 4.74 Å². The van der Waals surface area contributed by atoms with Crippen molar-refractivity contribution < 1.29 is 36.7 Å². The van der Waals surface area contributed by atoms with Crippen LogP contribution < -0.4 is 19.8 Å². The lowest BCUT2D eigenvalue weighted by atomic mass is 9.82. The fraction of sp³-hybridized carbons (Fsp3) is 0.200. The van der Waals surface area contributed by atoms with Crippen molar-refractivity contribution in [2.45, 2.75) is 28.9 Å². The molecule has 14 heteroatoms. The SMILES string of the molecule is COc1ccccc1C1c2sc(=O)n(CC(=O)Nc3cccc(C(F)(F)F)c3)c2SC2C(=O)N(c3ccc(F)cc3)C(=O)C21. The zero-order valence-corrected chi connectivity index (χ0v) is 24.3. The topological polar surface area (TPSA) is 97.7 Å². The lowest BCUT2D eigenvalue weighted by Gasteiger charge is -2.31. The van der Waals surface area contributed by atoms with E-state index in [9.17, 15) is 36.7 Å². The van der Waals surface area contributed by atoms with Crippen LogP contribution in [0.15, 0.2) is 82.6 Å². The molecular weight excluding hydrogens is 622 g/mol. The first kappa shape index (κ1) is 29.6. The number of fused-ring (bicyclic) bond motifs is 2. The minimum absolute atomic E-state index is 0.104. The first-order valence-corrected chi connectivity index (χ1v) is 14.8. The molecule has 1 aromatic heterocycles. The fourth-order valence-corrected chi connectivity index (χ4v) is 8.24. The zero-order chi connectivity index (χ0) is 31.3. The molecule has 0 aliphatic carbocycles. The minimum Gasteiger partial charge on any atom is -0.496 e. The Morgan fingerprint density at radius 3 is 2.41 bits per heavy atom. The second-order valence-electron chi connectivity index (χ2n) is 10.0. The number of para-hydroxylation sites is 1. The lowest BCUT2D eigenvalue weighted by Crippen LogP contribution is -2.33. The highest BCUT2D eigenvalue weighted by Gasteiger charge is 2.57. The number of alkyl halides is 3. The third kappa shape index (κ3) is 5.17. The van der Waals surface area contributed by atoms with Gasteiger partial charge in [-0.25, -0.2) is 9.29 Å². The molecule has 2 aliphatic rings. The van der Waals surface area contributed by atoms with Crippen molar-refractivity contribution in [3.05, 3.63) is 104 Å². The molecule has 3 unspecified atom stereocenters. The number of halogens is 4. The number of methoxy groups -OCH3 is 1. The number of benzene rings is 3. The molecule has 0 saturated carbocycles. The maximum Gasteiger partial charge on any atom is 0.416 e. The van der Waals surface area contributed by atoms with Crippen LogP contribution in [0.3, 0.4) is 0 Å². The van der Waals surface area contributed by atoms with Crippen LogP contribution in [0.5, 0.6) is 5.75 Å². The van der Waals surface area contributed by atoms with Crippen LogP contribution in [0.2, 0.25) is 0 Å². The van der Waals surface area contributed by atoms with Crippen molar-refractivity contribution >= 4 is 52.2 Å². The number of nitrogens with zero attached hydrogens (tertiary/aromatic N) is 2. The Labute approximate surface area is 255 Å². The maximum atomic E-state index is 13.9. The number of amides is 3. The molecule has 0 bridgehead atoms. The zero-order valence-electron chi connectivity index (χ0n) is 22.6. The Morgan fingerprint density at radius 2 is 1.70 bits per heavy atom. The molecule has 44 heavy (non-hydrogen) atoms. The van der Waals surface area contributed by atoms with Crippen LogP contribution in [0.1, 0.15) is 21.9 Å². The molecule has 1 saturated heterocycles. The number of anilines is 2. The van der Waals surface area contributed by atoms with Crippen LogP contribution in [-0.2, 0) is 27.1 Å². The number of ether oxygens (including phenoxy) is 1. The van der Waals surface area contributed by atoms with E-state index in [-0.39, 0.29) is 11.4 Å². The molecule has 3 aromatic carbocycles. The molecule has 1 N–H and O–H groups in total. The summed E-state index contributed by atoms with van der Waals surface area (Å²) in [5.41, 5.74) is -0.309. The van der Waals surface area contributed by atoms with E-state index in [0.717, 1.165) is 62.9 Å². The quantitative estimate of drug-likeness (QED) is 0.220. The highest BCUT2D eigenvalue weighted by Crippen LogP contribution is 2.55. The van der Waals surface area contributed by atoms with E-state index in [1.807, 2.05) is 0 Å². The van der Waals surface area contributed by atoms with Crippen LogP contribution in [0.25, 0.3) is 0 Å². The van der Waals surface area contributed by atoms with E-state index >= 15 is 0 Å². The monoisotopic (exact) mass is 643 g/mol. The van der Waals surface area contributed by atoms with Gasteiger partial charge in [0.15, 0.2) is 0 Å². The number of nitrogens with one attached hydrogen (secondary N) is 1. The molecule has 3 amide bonds. The molecule has 226 valence electrons. The molecule has 6 rings (SSSR count). The molecule has 0 spiro atoms. The first-order valence-electron chi connectivity index (χ1n) is 13.1. The summed E-state index contributed by atoms with van der Waals surface area (Å²) in [5.74, 6) is -3.74. The van der Waals surface area contributed by atoms with Crippen LogP contribution in [-0.4, -0.2) is 34.6 Å². The van der Waals surface area contributed by atoms with Crippen molar-refractivity contribution in [2.24, 2.45) is 5.92 Å².